The van der Waals surface area contributed by atoms with Gasteiger partial charge in [0.15, 0.2) is 0 Å². The molecule has 1 unspecified atom stereocenters. The van der Waals surface area contributed by atoms with Crippen molar-refractivity contribution in [3.8, 4) is 0 Å². The van der Waals surface area contributed by atoms with Gasteiger partial charge in [0.05, 0.1) is 5.41 Å². The number of carboxylic acids is 1. The van der Waals surface area contributed by atoms with Gasteiger partial charge in [-0.05, 0) is 35.7 Å². The van der Waals surface area contributed by atoms with Gasteiger partial charge in [-0.25, -0.2) is 0 Å². The number of fused-ring (bicyclic) bond motifs is 1. The molecule has 0 saturated carbocycles. The van der Waals surface area contributed by atoms with E-state index in [4.69, 9.17) is 5.11 Å². The van der Waals surface area contributed by atoms with Crippen LogP contribution in [0.1, 0.15) is 18.9 Å². The summed E-state index contributed by atoms with van der Waals surface area (Å²) in [5, 5.41) is 21.3. The van der Waals surface area contributed by atoms with Crippen molar-refractivity contribution in [3.63, 3.8) is 0 Å². The zero-order chi connectivity index (χ0) is 12.5. The zero-order valence-electron chi connectivity index (χ0n) is 9.51. The summed E-state index contributed by atoms with van der Waals surface area (Å²) in [6.45, 7) is 1.53. The van der Waals surface area contributed by atoms with Crippen LogP contribution in [0.25, 0.3) is 10.1 Å². The molecule has 4 heteroatoms. The molecule has 1 aromatic carbocycles. The number of aliphatic hydroxyl groups is 1. The maximum Gasteiger partial charge on any atom is 0.313 e. The average Bonchev–Trinajstić information content (AvgIpc) is 2.73. The van der Waals surface area contributed by atoms with E-state index in [1.807, 2.05) is 29.6 Å². The Balaban J connectivity index is 2.60. The molecule has 1 aromatic heterocycles. The average molecular weight is 250 g/mol. The second-order valence-electron chi connectivity index (χ2n) is 4.26. The molecule has 90 valence electrons. The lowest BCUT2D eigenvalue weighted by atomic mass is 9.80. The second kappa shape index (κ2) is 4.47. The number of aliphatic carboxylic acids is 1. The third-order valence-electron chi connectivity index (χ3n) is 3.16. The van der Waals surface area contributed by atoms with Crippen LogP contribution in [0.5, 0.6) is 0 Å². The molecule has 0 aliphatic carbocycles. The van der Waals surface area contributed by atoms with Gasteiger partial charge in [0.25, 0.3) is 0 Å². The third kappa shape index (κ3) is 1.94. The highest BCUT2D eigenvalue weighted by molar-refractivity contribution is 7.17. The van der Waals surface area contributed by atoms with E-state index in [-0.39, 0.29) is 13.0 Å². The van der Waals surface area contributed by atoms with E-state index in [0.717, 1.165) is 15.6 Å². The molecule has 0 radical (unpaired) electrons. The number of thiophene rings is 1. The number of rotatable bonds is 4. The summed E-state index contributed by atoms with van der Waals surface area (Å²) in [5.74, 6) is -0.893. The van der Waals surface area contributed by atoms with Crippen LogP contribution < -0.4 is 0 Å². The summed E-state index contributed by atoms with van der Waals surface area (Å²) in [6, 6.07) is 7.75. The van der Waals surface area contributed by atoms with E-state index >= 15 is 0 Å². The lowest BCUT2D eigenvalue weighted by molar-refractivity contribution is -0.143. The largest absolute Gasteiger partial charge is 0.481 e. The Morgan fingerprint density at radius 2 is 2.12 bits per heavy atom. The topological polar surface area (TPSA) is 57.5 Å². The van der Waals surface area contributed by atoms with Crippen molar-refractivity contribution >= 4 is 27.4 Å². The maximum absolute atomic E-state index is 11.4. The number of carboxylic acid groups (broad SMARTS) is 1. The van der Waals surface area contributed by atoms with Crippen molar-refractivity contribution in [1.82, 2.24) is 0 Å². The predicted molar refractivity (Wildman–Crippen MR) is 68.5 cm³/mol. The van der Waals surface area contributed by atoms with Gasteiger partial charge in [-0.1, -0.05) is 18.2 Å². The highest BCUT2D eigenvalue weighted by Crippen LogP contribution is 2.37. The van der Waals surface area contributed by atoms with Crippen molar-refractivity contribution in [1.29, 1.82) is 0 Å². The van der Waals surface area contributed by atoms with E-state index in [1.165, 1.54) is 11.3 Å². The van der Waals surface area contributed by atoms with Crippen molar-refractivity contribution in [2.75, 3.05) is 6.61 Å². The van der Waals surface area contributed by atoms with Crippen LogP contribution >= 0.6 is 11.3 Å². The summed E-state index contributed by atoms with van der Waals surface area (Å²) in [7, 11) is 0. The normalized spacial score (nSPS) is 14.7. The first-order valence-corrected chi connectivity index (χ1v) is 6.28. The SMILES string of the molecule is CC(CCO)(C(=O)O)c1csc2ccccc12. The molecule has 2 N–H and O–H groups in total. The Hall–Kier alpha value is -1.39. The number of aliphatic hydroxyl groups excluding tert-OH is 1. The fourth-order valence-corrected chi connectivity index (χ4v) is 3.08. The highest BCUT2D eigenvalue weighted by Gasteiger charge is 2.36. The molecule has 0 fully saturated rings. The third-order valence-corrected chi connectivity index (χ3v) is 4.12. The van der Waals surface area contributed by atoms with Crippen LogP contribution in [0.4, 0.5) is 0 Å². The molecule has 0 spiro atoms. The molecular formula is C13H14O3S. The van der Waals surface area contributed by atoms with Crippen LogP contribution in [0.15, 0.2) is 29.6 Å². The van der Waals surface area contributed by atoms with Gasteiger partial charge < -0.3 is 10.2 Å². The zero-order valence-corrected chi connectivity index (χ0v) is 10.3. The predicted octanol–water partition coefficient (Wildman–Crippen LogP) is 2.63. The monoisotopic (exact) mass is 250 g/mol. The van der Waals surface area contributed by atoms with E-state index in [0.29, 0.717) is 0 Å². The minimum absolute atomic E-state index is 0.132. The van der Waals surface area contributed by atoms with E-state index < -0.39 is 11.4 Å². The summed E-state index contributed by atoms with van der Waals surface area (Å²) in [5.41, 5.74) is -0.228. The molecule has 0 saturated heterocycles. The van der Waals surface area contributed by atoms with Crippen LogP contribution in [0.2, 0.25) is 0 Å². The molecule has 0 bridgehead atoms. The quantitative estimate of drug-likeness (QED) is 0.877. The molecule has 1 atom stereocenters. The Morgan fingerprint density at radius 1 is 1.41 bits per heavy atom. The fourth-order valence-electron chi connectivity index (χ4n) is 1.99. The minimum Gasteiger partial charge on any atom is -0.481 e. The molecule has 0 amide bonds. The Morgan fingerprint density at radius 3 is 2.76 bits per heavy atom. The molecule has 3 nitrogen and oxygen atoms in total. The highest BCUT2D eigenvalue weighted by atomic mass is 32.1. The van der Waals surface area contributed by atoms with Crippen molar-refractivity contribution in [3.05, 3.63) is 35.2 Å². The van der Waals surface area contributed by atoms with Crippen LogP contribution in [-0.2, 0) is 10.2 Å². The van der Waals surface area contributed by atoms with Crippen molar-refractivity contribution in [2.45, 2.75) is 18.8 Å². The molecule has 0 aliphatic rings. The van der Waals surface area contributed by atoms with E-state index in [9.17, 15) is 9.90 Å². The molecule has 2 aromatic rings. The summed E-state index contributed by atoms with van der Waals surface area (Å²) in [4.78, 5) is 11.4. The van der Waals surface area contributed by atoms with Crippen molar-refractivity contribution in [2.24, 2.45) is 0 Å². The van der Waals surface area contributed by atoms with E-state index in [2.05, 4.69) is 0 Å². The summed E-state index contributed by atoms with van der Waals surface area (Å²) >= 11 is 1.54. The van der Waals surface area contributed by atoms with Crippen LogP contribution in [-0.4, -0.2) is 22.8 Å². The van der Waals surface area contributed by atoms with Gasteiger partial charge in [0, 0.05) is 11.3 Å². The molecule has 2 rings (SSSR count). The molecule has 0 aliphatic heterocycles. The Labute approximate surface area is 103 Å². The molecular weight excluding hydrogens is 236 g/mol. The molecule has 1 heterocycles. The van der Waals surface area contributed by atoms with Gasteiger partial charge in [-0.15, -0.1) is 11.3 Å². The first-order chi connectivity index (χ1) is 8.09. The number of carbonyl (C=O) groups is 1. The van der Waals surface area contributed by atoms with Gasteiger partial charge in [-0.2, -0.15) is 0 Å². The summed E-state index contributed by atoms with van der Waals surface area (Å²) < 4.78 is 1.08. The Kier molecular flexibility index (Phi) is 3.17. The van der Waals surface area contributed by atoms with Gasteiger partial charge in [-0.3, -0.25) is 4.79 Å². The van der Waals surface area contributed by atoms with Crippen LogP contribution in [0.3, 0.4) is 0 Å². The number of hydrogen-bond donors (Lipinski definition) is 2. The number of hydrogen-bond acceptors (Lipinski definition) is 3. The first kappa shape index (κ1) is 12.1. The lowest BCUT2D eigenvalue weighted by Crippen LogP contribution is -2.33. The first-order valence-electron chi connectivity index (χ1n) is 5.40. The van der Waals surface area contributed by atoms with E-state index in [1.54, 1.807) is 6.92 Å². The maximum atomic E-state index is 11.4. The second-order valence-corrected chi connectivity index (χ2v) is 5.17. The van der Waals surface area contributed by atoms with Gasteiger partial charge >= 0.3 is 5.97 Å². The van der Waals surface area contributed by atoms with Crippen LogP contribution in [0, 0.1) is 0 Å². The van der Waals surface area contributed by atoms with Gasteiger partial charge in [0.2, 0.25) is 0 Å². The van der Waals surface area contributed by atoms with Gasteiger partial charge in [0.1, 0.15) is 0 Å². The minimum atomic E-state index is -1.02. The standard InChI is InChI=1S/C13H14O3S/c1-13(6-7-14,12(15)16)10-8-17-11-5-3-2-4-9(10)11/h2-5,8,14H,6-7H2,1H3,(H,15,16). The number of benzene rings is 1. The van der Waals surface area contributed by atoms with Crippen molar-refractivity contribution < 1.29 is 15.0 Å². The Bertz CT molecular complexity index is 546. The summed E-state index contributed by atoms with van der Waals surface area (Å²) in [6.07, 6.45) is 0.225. The fraction of sp³-hybridized carbons (Fsp3) is 0.308. The smallest absolute Gasteiger partial charge is 0.313 e. The molecule has 17 heavy (non-hydrogen) atoms. The lowest BCUT2D eigenvalue weighted by Gasteiger charge is -2.23.